The summed E-state index contributed by atoms with van der Waals surface area (Å²) in [4.78, 5) is 10.1. The fourth-order valence-electron chi connectivity index (χ4n) is 2.06. The molecule has 1 heterocycles. The lowest BCUT2D eigenvalue weighted by atomic mass is 10.0. The number of hydrogen-bond donors (Lipinski definition) is 2. The van der Waals surface area contributed by atoms with Crippen LogP contribution in [-0.4, -0.2) is 22.6 Å². The molecular weight excluding hydrogens is 208 g/mol. The van der Waals surface area contributed by atoms with Crippen LogP contribution in [-0.2, 0) is 6.42 Å². The number of nitrogens with one attached hydrogen (secondary N) is 1. The second-order valence-corrected chi connectivity index (χ2v) is 4.08. The summed E-state index contributed by atoms with van der Waals surface area (Å²) in [7, 11) is 0. The number of rotatable bonds is 3. The summed E-state index contributed by atoms with van der Waals surface area (Å²) in [6, 6.07) is 4.99. The van der Waals surface area contributed by atoms with Gasteiger partial charge in [0.2, 0.25) is 0 Å². The normalized spacial score (nSPS) is 19.9. The predicted molar refractivity (Wildman–Crippen MR) is 59.5 cm³/mol. The van der Waals surface area contributed by atoms with E-state index in [1.807, 2.05) is 0 Å². The Hall–Kier alpha value is -1.62. The van der Waals surface area contributed by atoms with Crippen LogP contribution in [0.2, 0.25) is 0 Å². The minimum absolute atomic E-state index is 0.213. The van der Waals surface area contributed by atoms with Crippen LogP contribution in [0.25, 0.3) is 0 Å². The highest BCUT2D eigenvalue weighted by molar-refractivity contribution is 5.47. The van der Waals surface area contributed by atoms with Crippen molar-refractivity contribution in [1.82, 2.24) is 5.32 Å². The molecule has 16 heavy (non-hydrogen) atoms. The van der Waals surface area contributed by atoms with Gasteiger partial charge in [-0.1, -0.05) is 6.07 Å². The third kappa shape index (κ3) is 2.30. The molecule has 0 amide bonds. The lowest BCUT2D eigenvalue weighted by molar-refractivity contribution is -0.385. The Balaban J connectivity index is 2.15. The Morgan fingerprint density at radius 3 is 3.00 bits per heavy atom. The van der Waals surface area contributed by atoms with Gasteiger partial charge in [0.1, 0.15) is 0 Å². The van der Waals surface area contributed by atoms with E-state index in [2.05, 4.69) is 5.32 Å². The number of phenols is 1. The molecule has 0 radical (unpaired) electrons. The molecule has 5 nitrogen and oxygen atoms in total. The molecule has 0 aliphatic carbocycles. The topological polar surface area (TPSA) is 75.4 Å². The van der Waals surface area contributed by atoms with Crippen molar-refractivity contribution in [2.45, 2.75) is 25.3 Å². The number of hydrogen-bond acceptors (Lipinski definition) is 4. The van der Waals surface area contributed by atoms with Crippen molar-refractivity contribution >= 4 is 5.69 Å². The molecule has 0 spiro atoms. The standard InChI is InChI=1S/C11H14N2O3/c14-11-4-3-8(7-10(11)13(15)16)6-9-2-1-5-12-9/h3-4,7,9,12,14H,1-2,5-6H2. The lowest BCUT2D eigenvalue weighted by Gasteiger charge is -2.09. The molecule has 2 rings (SSSR count). The Kier molecular flexibility index (Phi) is 3.05. The average Bonchev–Trinajstić information content (AvgIpc) is 2.73. The molecule has 2 N–H and O–H groups in total. The monoisotopic (exact) mass is 222 g/mol. The zero-order valence-electron chi connectivity index (χ0n) is 8.85. The van der Waals surface area contributed by atoms with Gasteiger partial charge >= 0.3 is 5.69 Å². The maximum Gasteiger partial charge on any atom is 0.310 e. The maximum absolute atomic E-state index is 10.6. The van der Waals surface area contributed by atoms with Gasteiger partial charge < -0.3 is 10.4 Å². The van der Waals surface area contributed by atoms with Gasteiger partial charge in [-0.25, -0.2) is 0 Å². The molecule has 0 aromatic heterocycles. The van der Waals surface area contributed by atoms with E-state index in [9.17, 15) is 15.2 Å². The van der Waals surface area contributed by atoms with E-state index >= 15 is 0 Å². The molecule has 0 saturated carbocycles. The summed E-state index contributed by atoms with van der Waals surface area (Å²) in [6.45, 7) is 1.02. The predicted octanol–water partition coefficient (Wildman–Crippen LogP) is 1.59. The van der Waals surface area contributed by atoms with Crippen LogP contribution >= 0.6 is 0 Å². The molecule has 1 aliphatic heterocycles. The molecule has 86 valence electrons. The van der Waals surface area contributed by atoms with Gasteiger partial charge in [0.15, 0.2) is 5.75 Å². The van der Waals surface area contributed by atoms with Crippen molar-refractivity contribution in [3.8, 4) is 5.75 Å². The zero-order valence-corrected chi connectivity index (χ0v) is 8.85. The van der Waals surface area contributed by atoms with Gasteiger partial charge in [-0.3, -0.25) is 10.1 Å². The lowest BCUT2D eigenvalue weighted by Crippen LogP contribution is -2.23. The van der Waals surface area contributed by atoms with Gasteiger partial charge in [-0.2, -0.15) is 0 Å². The average molecular weight is 222 g/mol. The number of benzene rings is 1. The van der Waals surface area contributed by atoms with Crippen molar-refractivity contribution in [3.63, 3.8) is 0 Å². The summed E-state index contributed by atoms with van der Waals surface area (Å²) < 4.78 is 0. The van der Waals surface area contributed by atoms with Gasteiger partial charge in [-0.15, -0.1) is 0 Å². The molecule has 1 unspecified atom stereocenters. The van der Waals surface area contributed by atoms with E-state index < -0.39 is 4.92 Å². The number of nitro benzene ring substituents is 1. The van der Waals surface area contributed by atoms with Crippen LogP contribution in [0.4, 0.5) is 5.69 Å². The largest absolute Gasteiger partial charge is 0.502 e. The third-order valence-electron chi connectivity index (χ3n) is 2.88. The van der Waals surface area contributed by atoms with Crippen LogP contribution in [0.3, 0.4) is 0 Å². The van der Waals surface area contributed by atoms with Crippen LogP contribution in [0.1, 0.15) is 18.4 Å². The van der Waals surface area contributed by atoms with Gasteiger partial charge in [0.05, 0.1) is 4.92 Å². The second kappa shape index (κ2) is 4.49. The summed E-state index contributed by atoms with van der Waals surface area (Å²) in [5.74, 6) is -0.270. The molecule has 1 saturated heterocycles. The van der Waals surface area contributed by atoms with Crippen molar-refractivity contribution in [1.29, 1.82) is 0 Å². The highest BCUT2D eigenvalue weighted by atomic mass is 16.6. The quantitative estimate of drug-likeness (QED) is 0.601. The first-order valence-corrected chi connectivity index (χ1v) is 5.36. The van der Waals surface area contributed by atoms with Crippen molar-refractivity contribution in [3.05, 3.63) is 33.9 Å². The number of phenolic OH excluding ortho intramolecular Hbond substituents is 1. The van der Waals surface area contributed by atoms with E-state index in [4.69, 9.17) is 0 Å². The Morgan fingerprint density at radius 1 is 1.56 bits per heavy atom. The number of aromatic hydroxyl groups is 1. The smallest absolute Gasteiger partial charge is 0.310 e. The van der Waals surface area contributed by atoms with Crippen LogP contribution in [0.15, 0.2) is 18.2 Å². The molecule has 1 aromatic carbocycles. The number of nitro groups is 1. The molecule has 5 heteroatoms. The molecular formula is C11H14N2O3. The van der Waals surface area contributed by atoms with Crippen LogP contribution < -0.4 is 5.32 Å². The summed E-state index contributed by atoms with van der Waals surface area (Å²) in [5, 5.41) is 23.3. The van der Waals surface area contributed by atoms with Gasteiger partial charge in [-0.05, 0) is 37.4 Å². The fraction of sp³-hybridized carbons (Fsp3) is 0.455. The molecule has 1 fully saturated rings. The molecule has 0 bridgehead atoms. The van der Waals surface area contributed by atoms with E-state index in [0.29, 0.717) is 6.04 Å². The molecule has 1 atom stereocenters. The summed E-state index contributed by atoms with van der Waals surface area (Å²) in [5.41, 5.74) is 0.680. The minimum Gasteiger partial charge on any atom is -0.502 e. The van der Waals surface area contributed by atoms with Crippen LogP contribution in [0, 0.1) is 10.1 Å². The maximum atomic E-state index is 10.6. The first-order valence-electron chi connectivity index (χ1n) is 5.36. The van der Waals surface area contributed by atoms with Crippen molar-refractivity contribution in [2.75, 3.05) is 6.54 Å². The zero-order chi connectivity index (χ0) is 11.5. The third-order valence-corrected chi connectivity index (χ3v) is 2.88. The first kappa shape index (κ1) is 10.9. The minimum atomic E-state index is -0.555. The van der Waals surface area contributed by atoms with E-state index in [-0.39, 0.29) is 11.4 Å². The molecule has 1 aromatic rings. The van der Waals surface area contributed by atoms with Crippen molar-refractivity contribution < 1.29 is 10.0 Å². The Morgan fingerprint density at radius 2 is 2.38 bits per heavy atom. The first-order chi connectivity index (χ1) is 7.66. The highest BCUT2D eigenvalue weighted by Crippen LogP contribution is 2.27. The van der Waals surface area contributed by atoms with Crippen molar-refractivity contribution in [2.24, 2.45) is 0 Å². The van der Waals surface area contributed by atoms with E-state index in [1.165, 1.54) is 12.1 Å². The van der Waals surface area contributed by atoms with E-state index in [1.54, 1.807) is 6.07 Å². The van der Waals surface area contributed by atoms with Gasteiger partial charge in [0, 0.05) is 12.1 Å². The fourth-order valence-corrected chi connectivity index (χ4v) is 2.06. The summed E-state index contributed by atoms with van der Waals surface area (Å²) >= 11 is 0. The summed E-state index contributed by atoms with van der Waals surface area (Å²) in [6.07, 6.45) is 3.04. The SMILES string of the molecule is O=[N+]([O-])c1cc(CC2CCCN2)ccc1O. The Labute approximate surface area is 93.2 Å². The Bertz CT molecular complexity index is 400. The highest BCUT2D eigenvalue weighted by Gasteiger charge is 2.18. The second-order valence-electron chi connectivity index (χ2n) is 4.08. The van der Waals surface area contributed by atoms with Gasteiger partial charge in [0.25, 0.3) is 0 Å². The van der Waals surface area contributed by atoms with Crippen LogP contribution in [0.5, 0.6) is 5.75 Å². The molecule has 1 aliphatic rings. The number of nitrogens with zero attached hydrogens (tertiary/aromatic N) is 1. The van der Waals surface area contributed by atoms with E-state index in [0.717, 1.165) is 31.4 Å².